The number of pyridine rings is 1. The fraction of sp³-hybridized carbons (Fsp3) is 0.364. The zero-order valence-corrected chi connectivity index (χ0v) is 9.54. The van der Waals surface area contributed by atoms with E-state index in [0.717, 1.165) is 0 Å². The first-order valence-electron chi connectivity index (χ1n) is 5.22. The molecule has 0 unspecified atom stereocenters. The van der Waals surface area contributed by atoms with Gasteiger partial charge in [0.2, 0.25) is 0 Å². The number of carboxylic acid groups (broad SMARTS) is 2. The van der Waals surface area contributed by atoms with Gasteiger partial charge in [0.05, 0.1) is 18.8 Å². The van der Waals surface area contributed by atoms with E-state index in [1.807, 2.05) is 0 Å². The summed E-state index contributed by atoms with van der Waals surface area (Å²) in [6.07, 6.45) is -0.682. The number of aryl methyl sites for hydroxylation is 1. The van der Waals surface area contributed by atoms with Crippen LogP contribution < -0.4 is 0 Å². The Kier molecular flexibility index (Phi) is 3.26. The van der Waals surface area contributed by atoms with Crippen molar-refractivity contribution in [3.8, 4) is 0 Å². The van der Waals surface area contributed by atoms with Crippen LogP contribution in [0.4, 0.5) is 0 Å². The molecular weight excluding hydrogens is 242 g/mol. The van der Waals surface area contributed by atoms with Gasteiger partial charge in [-0.2, -0.15) is 0 Å². The van der Waals surface area contributed by atoms with Crippen molar-refractivity contribution in [2.24, 2.45) is 0 Å². The molecule has 1 aliphatic heterocycles. The van der Waals surface area contributed by atoms with Crippen molar-refractivity contribution < 1.29 is 29.3 Å². The molecule has 0 spiro atoms. The molecule has 0 aliphatic carbocycles. The lowest BCUT2D eigenvalue weighted by molar-refractivity contribution is -0.0448. The monoisotopic (exact) mass is 253 g/mol. The average Bonchev–Trinajstić information content (AvgIpc) is 2.81. The SMILES string of the molecule is Cc1nc(C(=O)O)c(C(=O)O)cc1C1OCCO1. The maximum absolute atomic E-state index is 11.0. The molecule has 2 rings (SSSR count). The Bertz CT molecular complexity index is 507. The van der Waals surface area contributed by atoms with Gasteiger partial charge in [-0.05, 0) is 13.0 Å². The molecule has 96 valence electrons. The Hall–Kier alpha value is -1.99. The lowest BCUT2D eigenvalue weighted by atomic mass is 10.1. The van der Waals surface area contributed by atoms with Gasteiger partial charge >= 0.3 is 11.9 Å². The van der Waals surface area contributed by atoms with Crippen molar-refractivity contribution in [2.75, 3.05) is 13.2 Å². The highest BCUT2D eigenvalue weighted by Crippen LogP contribution is 2.27. The Morgan fingerprint density at radius 2 is 1.89 bits per heavy atom. The van der Waals surface area contributed by atoms with Gasteiger partial charge in [0.1, 0.15) is 0 Å². The van der Waals surface area contributed by atoms with Gasteiger partial charge in [-0.1, -0.05) is 0 Å². The third-order valence-electron chi connectivity index (χ3n) is 2.56. The van der Waals surface area contributed by atoms with E-state index in [4.69, 9.17) is 19.7 Å². The summed E-state index contributed by atoms with van der Waals surface area (Å²) in [5, 5.41) is 17.9. The van der Waals surface area contributed by atoms with E-state index in [1.165, 1.54) is 6.07 Å². The molecule has 0 bridgehead atoms. The highest BCUT2D eigenvalue weighted by molar-refractivity contribution is 6.00. The lowest BCUT2D eigenvalue weighted by Crippen LogP contribution is -2.14. The molecule has 2 N–H and O–H groups in total. The summed E-state index contributed by atoms with van der Waals surface area (Å²) in [5.41, 5.74) is -0.0388. The highest BCUT2D eigenvalue weighted by Gasteiger charge is 2.26. The fourth-order valence-corrected chi connectivity index (χ4v) is 1.72. The van der Waals surface area contributed by atoms with E-state index in [2.05, 4.69) is 4.98 Å². The Morgan fingerprint density at radius 3 is 2.39 bits per heavy atom. The fourth-order valence-electron chi connectivity index (χ4n) is 1.72. The molecule has 1 aromatic rings. The van der Waals surface area contributed by atoms with Gasteiger partial charge in [-0.25, -0.2) is 14.6 Å². The smallest absolute Gasteiger partial charge is 0.355 e. The van der Waals surface area contributed by atoms with E-state index in [-0.39, 0.29) is 5.56 Å². The summed E-state index contributed by atoms with van der Waals surface area (Å²) in [6, 6.07) is 1.24. The van der Waals surface area contributed by atoms with Crippen LogP contribution in [0.1, 0.15) is 38.4 Å². The zero-order valence-electron chi connectivity index (χ0n) is 9.54. The molecule has 1 aromatic heterocycles. The number of hydrogen-bond donors (Lipinski definition) is 2. The number of ether oxygens (including phenoxy) is 2. The molecule has 0 radical (unpaired) electrons. The van der Waals surface area contributed by atoms with E-state index in [9.17, 15) is 9.59 Å². The highest BCUT2D eigenvalue weighted by atomic mass is 16.7. The normalized spacial score (nSPS) is 15.8. The van der Waals surface area contributed by atoms with Crippen molar-refractivity contribution >= 4 is 11.9 Å². The van der Waals surface area contributed by atoms with Crippen molar-refractivity contribution in [1.82, 2.24) is 4.98 Å². The Morgan fingerprint density at radius 1 is 1.28 bits per heavy atom. The van der Waals surface area contributed by atoms with Crippen LogP contribution in [0.5, 0.6) is 0 Å². The molecule has 1 aliphatic rings. The molecule has 2 heterocycles. The first kappa shape index (κ1) is 12.5. The Labute approximate surface area is 102 Å². The van der Waals surface area contributed by atoms with Gasteiger partial charge in [0, 0.05) is 11.3 Å². The second kappa shape index (κ2) is 4.71. The predicted octanol–water partition coefficient (Wildman–Crippen LogP) is 0.832. The quantitative estimate of drug-likeness (QED) is 0.821. The van der Waals surface area contributed by atoms with Crippen LogP contribution in [0.2, 0.25) is 0 Å². The summed E-state index contributed by atoms with van der Waals surface area (Å²) in [6.45, 7) is 2.40. The number of rotatable bonds is 3. The summed E-state index contributed by atoms with van der Waals surface area (Å²) in [5.74, 6) is -2.73. The lowest BCUT2D eigenvalue weighted by Gasteiger charge is -2.13. The Balaban J connectivity index is 2.52. The van der Waals surface area contributed by atoms with Crippen molar-refractivity contribution in [2.45, 2.75) is 13.2 Å². The number of aromatic nitrogens is 1. The minimum Gasteiger partial charge on any atom is -0.478 e. The first-order valence-corrected chi connectivity index (χ1v) is 5.22. The van der Waals surface area contributed by atoms with Gasteiger partial charge in [0.15, 0.2) is 12.0 Å². The predicted molar refractivity (Wildman–Crippen MR) is 57.5 cm³/mol. The van der Waals surface area contributed by atoms with Gasteiger partial charge in [0.25, 0.3) is 0 Å². The van der Waals surface area contributed by atoms with Crippen LogP contribution in [0, 0.1) is 6.92 Å². The van der Waals surface area contributed by atoms with Crippen molar-refractivity contribution in [1.29, 1.82) is 0 Å². The summed E-state index contributed by atoms with van der Waals surface area (Å²) in [7, 11) is 0. The number of carbonyl (C=O) groups is 2. The molecule has 1 saturated heterocycles. The summed E-state index contributed by atoms with van der Waals surface area (Å²) in [4.78, 5) is 25.7. The summed E-state index contributed by atoms with van der Waals surface area (Å²) < 4.78 is 10.5. The first-order chi connectivity index (χ1) is 8.50. The second-order valence-electron chi connectivity index (χ2n) is 3.74. The third-order valence-corrected chi connectivity index (χ3v) is 2.56. The standard InChI is InChI=1S/C11H11NO6/c1-5-6(11-17-2-3-18-11)4-7(9(13)14)8(12-5)10(15)16/h4,11H,2-3H2,1H3,(H,13,14)(H,15,16). The molecule has 0 atom stereocenters. The van der Waals surface area contributed by atoms with Crippen LogP contribution in [-0.2, 0) is 9.47 Å². The molecule has 18 heavy (non-hydrogen) atoms. The van der Waals surface area contributed by atoms with Crippen LogP contribution in [0.15, 0.2) is 6.07 Å². The molecule has 7 heteroatoms. The maximum Gasteiger partial charge on any atom is 0.355 e. The van der Waals surface area contributed by atoms with Gasteiger partial charge in [-0.15, -0.1) is 0 Å². The third kappa shape index (κ3) is 2.18. The molecule has 7 nitrogen and oxygen atoms in total. The average molecular weight is 253 g/mol. The van der Waals surface area contributed by atoms with E-state index < -0.39 is 23.9 Å². The number of nitrogens with zero attached hydrogens (tertiary/aromatic N) is 1. The minimum atomic E-state index is -1.38. The largest absolute Gasteiger partial charge is 0.478 e. The maximum atomic E-state index is 11.0. The van der Waals surface area contributed by atoms with Crippen molar-refractivity contribution in [3.05, 3.63) is 28.6 Å². The van der Waals surface area contributed by atoms with E-state index >= 15 is 0 Å². The number of hydrogen-bond acceptors (Lipinski definition) is 5. The minimum absolute atomic E-state index is 0.373. The van der Waals surface area contributed by atoms with E-state index in [1.54, 1.807) is 6.92 Å². The number of carboxylic acids is 2. The van der Waals surface area contributed by atoms with Gasteiger partial charge in [-0.3, -0.25) is 0 Å². The van der Waals surface area contributed by atoms with E-state index in [0.29, 0.717) is 24.5 Å². The van der Waals surface area contributed by atoms with Crippen LogP contribution >= 0.6 is 0 Å². The topological polar surface area (TPSA) is 106 Å². The molecule has 1 fully saturated rings. The summed E-state index contributed by atoms with van der Waals surface area (Å²) >= 11 is 0. The zero-order chi connectivity index (χ0) is 13.3. The number of aromatic carboxylic acids is 2. The molecule has 0 saturated carbocycles. The molecular formula is C11H11NO6. The van der Waals surface area contributed by atoms with Crippen LogP contribution in [-0.4, -0.2) is 40.3 Å². The molecule has 0 amide bonds. The van der Waals surface area contributed by atoms with Crippen LogP contribution in [0.25, 0.3) is 0 Å². The molecule has 0 aromatic carbocycles. The second-order valence-corrected chi connectivity index (χ2v) is 3.74. The van der Waals surface area contributed by atoms with Gasteiger partial charge < -0.3 is 19.7 Å². The van der Waals surface area contributed by atoms with Crippen molar-refractivity contribution in [3.63, 3.8) is 0 Å². The van der Waals surface area contributed by atoms with Crippen LogP contribution in [0.3, 0.4) is 0 Å².